The van der Waals surface area contributed by atoms with Crippen LogP contribution in [0.2, 0.25) is 0 Å². The Bertz CT molecular complexity index is 525. The van der Waals surface area contributed by atoms with Crippen molar-refractivity contribution in [3.05, 3.63) is 54.1 Å². The summed E-state index contributed by atoms with van der Waals surface area (Å²) in [7, 11) is 0. The van der Waals surface area contributed by atoms with E-state index in [1.54, 1.807) is 0 Å². The Morgan fingerprint density at radius 1 is 1.06 bits per heavy atom. The molecule has 1 atom stereocenters. The second-order valence-electron chi connectivity index (χ2n) is 4.03. The quantitative estimate of drug-likeness (QED) is 0.858. The number of nitrogens with two attached hydrogens (primary N) is 1. The Morgan fingerprint density at radius 3 is 2.71 bits per heavy atom. The van der Waals surface area contributed by atoms with E-state index in [0.29, 0.717) is 6.61 Å². The van der Waals surface area contributed by atoms with Gasteiger partial charge in [-0.1, -0.05) is 18.2 Å². The number of hydrogen-bond donors (Lipinski definition) is 1. The van der Waals surface area contributed by atoms with Crippen molar-refractivity contribution in [2.45, 2.75) is 6.04 Å². The van der Waals surface area contributed by atoms with Crippen molar-refractivity contribution in [2.24, 2.45) is 5.73 Å². The molecule has 3 nitrogen and oxygen atoms in total. The van der Waals surface area contributed by atoms with E-state index in [9.17, 15) is 0 Å². The average Bonchev–Trinajstić information content (AvgIpc) is 2.73. The van der Waals surface area contributed by atoms with E-state index in [4.69, 9.17) is 15.2 Å². The van der Waals surface area contributed by atoms with Gasteiger partial charge in [0.15, 0.2) is 0 Å². The Hall–Kier alpha value is -2.00. The molecule has 0 spiro atoms. The first kappa shape index (κ1) is 10.2. The van der Waals surface area contributed by atoms with Crippen LogP contribution >= 0.6 is 0 Å². The van der Waals surface area contributed by atoms with Gasteiger partial charge in [0.2, 0.25) is 0 Å². The summed E-state index contributed by atoms with van der Waals surface area (Å²) in [4.78, 5) is 0. The molecule has 0 radical (unpaired) electrons. The maximum Gasteiger partial charge on any atom is 0.128 e. The predicted molar refractivity (Wildman–Crippen MR) is 65.4 cm³/mol. The van der Waals surface area contributed by atoms with Crippen molar-refractivity contribution in [3.63, 3.8) is 0 Å². The molecule has 0 saturated heterocycles. The zero-order chi connectivity index (χ0) is 11.7. The zero-order valence-corrected chi connectivity index (χ0v) is 9.30. The highest BCUT2D eigenvalue weighted by Gasteiger charge is 2.20. The number of hydrogen-bond acceptors (Lipinski definition) is 3. The van der Waals surface area contributed by atoms with Crippen LogP contribution in [0.3, 0.4) is 0 Å². The van der Waals surface area contributed by atoms with Crippen LogP contribution in [-0.2, 0) is 0 Å². The largest absolute Gasteiger partial charge is 0.491 e. The van der Waals surface area contributed by atoms with Crippen molar-refractivity contribution in [2.75, 3.05) is 6.61 Å². The first-order valence-corrected chi connectivity index (χ1v) is 5.58. The fraction of sp³-hybridized carbons (Fsp3) is 0.143. The summed E-state index contributed by atoms with van der Waals surface area (Å²) in [5.74, 6) is 2.47. The fourth-order valence-corrected chi connectivity index (χ4v) is 1.91. The highest BCUT2D eigenvalue weighted by molar-refractivity contribution is 5.45. The van der Waals surface area contributed by atoms with Gasteiger partial charge in [0.1, 0.15) is 23.9 Å². The third-order valence-corrected chi connectivity index (χ3v) is 2.78. The summed E-state index contributed by atoms with van der Waals surface area (Å²) in [5.41, 5.74) is 6.94. The first-order valence-electron chi connectivity index (χ1n) is 5.58. The third kappa shape index (κ3) is 1.97. The second-order valence-corrected chi connectivity index (χ2v) is 4.03. The Labute approximate surface area is 99.8 Å². The van der Waals surface area contributed by atoms with E-state index in [-0.39, 0.29) is 6.04 Å². The molecule has 3 heteroatoms. The normalized spacial score (nSPS) is 17.4. The Morgan fingerprint density at radius 2 is 1.88 bits per heavy atom. The first-order chi connectivity index (χ1) is 8.33. The fourth-order valence-electron chi connectivity index (χ4n) is 1.91. The van der Waals surface area contributed by atoms with E-state index in [1.807, 2.05) is 48.5 Å². The summed E-state index contributed by atoms with van der Waals surface area (Å²) in [6.45, 7) is 0.546. The molecule has 0 aliphatic carbocycles. The standard InChI is InChI=1S/C14H13NO2/c15-13-9-16-14-7-6-11(8-12(13)14)17-10-4-2-1-3-5-10/h1-8,13H,9,15H2. The van der Waals surface area contributed by atoms with Gasteiger partial charge >= 0.3 is 0 Å². The van der Waals surface area contributed by atoms with Crippen molar-refractivity contribution in [3.8, 4) is 17.2 Å². The molecule has 1 aliphatic rings. The van der Waals surface area contributed by atoms with Crippen molar-refractivity contribution in [1.82, 2.24) is 0 Å². The molecule has 2 aromatic rings. The monoisotopic (exact) mass is 227 g/mol. The van der Waals surface area contributed by atoms with Gasteiger partial charge in [0.25, 0.3) is 0 Å². The molecule has 2 aromatic carbocycles. The maximum atomic E-state index is 5.93. The molecule has 1 aliphatic heterocycles. The van der Waals surface area contributed by atoms with E-state index in [1.165, 1.54) is 0 Å². The topological polar surface area (TPSA) is 44.5 Å². The van der Waals surface area contributed by atoms with Crippen LogP contribution in [0.4, 0.5) is 0 Å². The van der Waals surface area contributed by atoms with Gasteiger partial charge in [0.05, 0.1) is 6.04 Å². The lowest BCUT2D eigenvalue weighted by Crippen LogP contribution is -2.10. The van der Waals surface area contributed by atoms with Crippen molar-refractivity contribution >= 4 is 0 Å². The minimum absolute atomic E-state index is 0.0516. The molecule has 1 unspecified atom stereocenters. The highest BCUT2D eigenvalue weighted by Crippen LogP contribution is 2.35. The van der Waals surface area contributed by atoms with Gasteiger partial charge in [-0.15, -0.1) is 0 Å². The molecule has 1 heterocycles. The number of rotatable bonds is 2. The number of ether oxygens (including phenoxy) is 2. The van der Waals surface area contributed by atoms with Gasteiger partial charge in [0, 0.05) is 5.56 Å². The van der Waals surface area contributed by atoms with Gasteiger partial charge in [-0.2, -0.15) is 0 Å². The molecule has 0 bridgehead atoms. The molecule has 0 aromatic heterocycles. The smallest absolute Gasteiger partial charge is 0.128 e. The second kappa shape index (κ2) is 4.11. The zero-order valence-electron chi connectivity index (χ0n) is 9.30. The van der Waals surface area contributed by atoms with Crippen LogP contribution in [0.5, 0.6) is 17.2 Å². The summed E-state index contributed by atoms with van der Waals surface area (Å²) >= 11 is 0. The van der Waals surface area contributed by atoms with Crippen LogP contribution in [0.15, 0.2) is 48.5 Å². The van der Waals surface area contributed by atoms with Crippen LogP contribution in [-0.4, -0.2) is 6.61 Å². The average molecular weight is 227 g/mol. The summed E-state index contributed by atoms with van der Waals surface area (Å²) in [5, 5.41) is 0. The molecule has 0 amide bonds. The van der Waals surface area contributed by atoms with E-state index >= 15 is 0 Å². The third-order valence-electron chi connectivity index (χ3n) is 2.78. The lowest BCUT2D eigenvalue weighted by Gasteiger charge is -2.07. The predicted octanol–water partition coefficient (Wildman–Crippen LogP) is 2.87. The van der Waals surface area contributed by atoms with Gasteiger partial charge in [-0.3, -0.25) is 0 Å². The summed E-state index contributed by atoms with van der Waals surface area (Å²) in [6.07, 6.45) is 0. The molecule has 86 valence electrons. The van der Waals surface area contributed by atoms with Crippen molar-refractivity contribution < 1.29 is 9.47 Å². The lowest BCUT2D eigenvalue weighted by atomic mass is 10.1. The summed E-state index contributed by atoms with van der Waals surface area (Å²) in [6, 6.07) is 15.4. The lowest BCUT2D eigenvalue weighted by molar-refractivity contribution is 0.333. The van der Waals surface area contributed by atoms with E-state index in [0.717, 1.165) is 22.8 Å². The van der Waals surface area contributed by atoms with Crippen LogP contribution < -0.4 is 15.2 Å². The summed E-state index contributed by atoms with van der Waals surface area (Å²) < 4.78 is 11.2. The number of fused-ring (bicyclic) bond motifs is 1. The Balaban J connectivity index is 1.88. The van der Waals surface area contributed by atoms with Crippen molar-refractivity contribution in [1.29, 1.82) is 0 Å². The number of para-hydroxylation sites is 1. The van der Waals surface area contributed by atoms with Crippen LogP contribution in [0.25, 0.3) is 0 Å². The van der Waals surface area contributed by atoms with Gasteiger partial charge < -0.3 is 15.2 Å². The number of benzene rings is 2. The van der Waals surface area contributed by atoms with E-state index < -0.39 is 0 Å². The molecular formula is C14H13NO2. The minimum atomic E-state index is -0.0516. The minimum Gasteiger partial charge on any atom is -0.491 e. The Kier molecular flexibility index (Phi) is 2.46. The van der Waals surface area contributed by atoms with Crippen LogP contribution in [0.1, 0.15) is 11.6 Å². The van der Waals surface area contributed by atoms with Crippen LogP contribution in [0, 0.1) is 0 Å². The molecule has 3 rings (SSSR count). The highest BCUT2D eigenvalue weighted by atomic mass is 16.5. The SMILES string of the molecule is NC1COc2ccc(Oc3ccccc3)cc21. The molecule has 2 N–H and O–H groups in total. The molecule has 0 fully saturated rings. The molecule has 0 saturated carbocycles. The van der Waals surface area contributed by atoms with E-state index in [2.05, 4.69) is 0 Å². The maximum absolute atomic E-state index is 5.93. The molecule has 17 heavy (non-hydrogen) atoms. The molecular weight excluding hydrogens is 214 g/mol. The van der Waals surface area contributed by atoms with Gasteiger partial charge in [-0.05, 0) is 30.3 Å². The van der Waals surface area contributed by atoms with Gasteiger partial charge in [-0.25, -0.2) is 0 Å².